The van der Waals surface area contributed by atoms with Gasteiger partial charge in [-0.25, -0.2) is 0 Å². The second-order valence-corrected chi connectivity index (χ2v) is 5.77. The number of fused-ring (bicyclic) bond motifs is 1. The van der Waals surface area contributed by atoms with Crippen LogP contribution in [0.4, 0.5) is 0 Å². The average molecular weight is 295 g/mol. The molecule has 1 aromatic carbocycles. The lowest BCUT2D eigenvalue weighted by Gasteiger charge is -2.43. The summed E-state index contributed by atoms with van der Waals surface area (Å²) in [4.78, 5) is 1.81. The van der Waals surface area contributed by atoms with E-state index in [0.717, 1.165) is 23.3 Å². The summed E-state index contributed by atoms with van der Waals surface area (Å²) >= 11 is 0. The first-order valence-corrected chi connectivity index (χ1v) is 7.24. The Bertz CT molecular complexity index is 509. The minimum Gasteiger partial charge on any atom is -0.493 e. The Morgan fingerprint density at radius 1 is 1.19 bits per heavy atom. The summed E-state index contributed by atoms with van der Waals surface area (Å²) in [6, 6.07) is 5.35. The molecule has 4 unspecified atom stereocenters. The Kier molecular flexibility index (Phi) is 4.14. The number of β-amino-alcohol motifs (C(OH)–C–C–N with tert-alkyl or cyclic N) is 1. The Hall–Kier alpha value is -1.18. The summed E-state index contributed by atoms with van der Waals surface area (Å²) in [6.07, 6.45) is -2.50. The maximum atomic E-state index is 9.98. The fourth-order valence-corrected chi connectivity index (χ4v) is 3.13. The summed E-state index contributed by atoms with van der Waals surface area (Å²) in [5, 5.41) is 38.9. The van der Waals surface area contributed by atoms with E-state index in [-0.39, 0.29) is 13.2 Å². The van der Waals surface area contributed by atoms with Crippen molar-refractivity contribution in [1.29, 1.82) is 0 Å². The van der Waals surface area contributed by atoms with Crippen LogP contribution < -0.4 is 4.74 Å². The molecule has 6 nitrogen and oxygen atoms in total. The van der Waals surface area contributed by atoms with E-state index in [0.29, 0.717) is 13.2 Å². The van der Waals surface area contributed by atoms with E-state index in [9.17, 15) is 20.4 Å². The molecule has 1 aromatic rings. The van der Waals surface area contributed by atoms with Gasteiger partial charge in [-0.2, -0.15) is 0 Å². The molecule has 0 saturated carbocycles. The van der Waals surface area contributed by atoms with Crippen LogP contribution in [-0.2, 0) is 13.0 Å². The predicted molar refractivity (Wildman–Crippen MR) is 74.9 cm³/mol. The molecule has 4 N–H and O–H groups in total. The number of piperidine rings is 1. The van der Waals surface area contributed by atoms with Crippen LogP contribution in [-0.4, -0.2) is 69.4 Å². The molecule has 2 aliphatic rings. The Balaban J connectivity index is 1.76. The maximum Gasteiger partial charge on any atom is 0.122 e. The first kappa shape index (κ1) is 14.7. The molecule has 116 valence electrons. The summed E-state index contributed by atoms with van der Waals surface area (Å²) in [6.45, 7) is 1.15. The summed E-state index contributed by atoms with van der Waals surface area (Å²) in [5.41, 5.74) is 2.19. The van der Waals surface area contributed by atoms with Crippen LogP contribution in [0, 0.1) is 0 Å². The third-order valence-electron chi connectivity index (χ3n) is 4.36. The molecule has 1 saturated heterocycles. The van der Waals surface area contributed by atoms with Gasteiger partial charge < -0.3 is 25.2 Å². The molecule has 21 heavy (non-hydrogen) atoms. The van der Waals surface area contributed by atoms with Gasteiger partial charge in [0, 0.05) is 19.5 Å². The number of aliphatic hydroxyl groups excluding tert-OH is 4. The highest BCUT2D eigenvalue weighted by Gasteiger charge is 2.40. The third kappa shape index (κ3) is 2.77. The normalized spacial score (nSPS) is 32.8. The van der Waals surface area contributed by atoms with Crippen molar-refractivity contribution in [3.8, 4) is 5.75 Å². The van der Waals surface area contributed by atoms with E-state index in [2.05, 4.69) is 6.07 Å². The molecule has 4 atom stereocenters. The Morgan fingerprint density at radius 2 is 2.00 bits per heavy atom. The number of benzene rings is 1. The first-order valence-electron chi connectivity index (χ1n) is 7.24. The van der Waals surface area contributed by atoms with Gasteiger partial charge in [0.1, 0.15) is 18.0 Å². The number of likely N-dealkylation sites (tertiary alicyclic amines) is 1. The lowest BCUT2D eigenvalue weighted by Crippen LogP contribution is -2.62. The molecular weight excluding hydrogens is 274 g/mol. The third-order valence-corrected chi connectivity index (χ3v) is 4.36. The number of hydrogen-bond donors (Lipinski definition) is 4. The topological polar surface area (TPSA) is 93.4 Å². The number of rotatable bonds is 3. The van der Waals surface area contributed by atoms with Crippen LogP contribution in [0.1, 0.15) is 11.1 Å². The van der Waals surface area contributed by atoms with Crippen molar-refractivity contribution in [3.05, 3.63) is 29.3 Å². The zero-order chi connectivity index (χ0) is 15.0. The van der Waals surface area contributed by atoms with Gasteiger partial charge in [0.15, 0.2) is 0 Å². The van der Waals surface area contributed by atoms with Crippen molar-refractivity contribution in [2.45, 2.75) is 37.3 Å². The van der Waals surface area contributed by atoms with Crippen LogP contribution in [0.25, 0.3) is 0 Å². The van der Waals surface area contributed by atoms with E-state index in [1.807, 2.05) is 12.1 Å². The minimum absolute atomic E-state index is 0.219. The molecule has 2 heterocycles. The van der Waals surface area contributed by atoms with Gasteiger partial charge >= 0.3 is 0 Å². The van der Waals surface area contributed by atoms with Crippen LogP contribution >= 0.6 is 0 Å². The summed E-state index contributed by atoms with van der Waals surface area (Å²) in [5.74, 6) is 0.909. The van der Waals surface area contributed by atoms with E-state index in [1.165, 1.54) is 0 Å². The monoisotopic (exact) mass is 295 g/mol. The highest BCUT2D eigenvalue weighted by molar-refractivity contribution is 5.39. The van der Waals surface area contributed by atoms with Gasteiger partial charge in [-0.3, -0.25) is 4.90 Å². The van der Waals surface area contributed by atoms with E-state index in [4.69, 9.17) is 4.74 Å². The van der Waals surface area contributed by atoms with Gasteiger partial charge in [0.25, 0.3) is 0 Å². The van der Waals surface area contributed by atoms with Gasteiger partial charge in [0.05, 0.1) is 25.4 Å². The summed E-state index contributed by atoms with van der Waals surface area (Å²) in [7, 11) is 0. The second-order valence-electron chi connectivity index (χ2n) is 5.77. The smallest absolute Gasteiger partial charge is 0.122 e. The van der Waals surface area contributed by atoms with Crippen molar-refractivity contribution < 1.29 is 25.2 Å². The SMILES string of the molecule is OCC1C(O)C(O)C(O)CN1Cc1ccc2c(c1)CCO2. The Labute approximate surface area is 123 Å². The number of hydrogen-bond acceptors (Lipinski definition) is 6. The molecule has 0 amide bonds. The zero-order valence-electron chi connectivity index (χ0n) is 11.7. The molecule has 0 spiro atoms. The van der Waals surface area contributed by atoms with Crippen LogP contribution in [0.2, 0.25) is 0 Å². The minimum atomic E-state index is -1.22. The van der Waals surface area contributed by atoms with Crippen molar-refractivity contribution in [3.63, 3.8) is 0 Å². The molecule has 0 aliphatic carbocycles. The van der Waals surface area contributed by atoms with Crippen molar-refractivity contribution in [2.75, 3.05) is 19.8 Å². The first-order chi connectivity index (χ1) is 10.1. The quantitative estimate of drug-likeness (QED) is 0.564. The lowest BCUT2D eigenvalue weighted by atomic mass is 9.93. The van der Waals surface area contributed by atoms with E-state index >= 15 is 0 Å². The molecule has 0 aromatic heterocycles. The molecular formula is C15H21NO5. The van der Waals surface area contributed by atoms with E-state index < -0.39 is 24.4 Å². The molecule has 0 radical (unpaired) electrons. The number of aliphatic hydroxyl groups is 4. The summed E-state index contributed by atoms with van der Waals surface area (Å²) < 4.78 is 5.47. The standard InChI is InChI=1S/C15H21NO5/c17-8-11-14(19)15(20)12(18)7-16(11)6-9-1-2-13-10(5-9)3-4-21-13/h1-2,5,11-12,14-15,17-20H,3-4,6-8H2. The average Bonchev–Trinajstić information content (AvgIpc) is 2.93. The zero-order valence-corrected chi connectivity index (χ0v) is 11.7. The number of ether oxygens (including phenoxy) is 1. The lowest BCUT2D eigenvalue weighted by molar-refractivity contribution is -0.147. The highest BCUT2D eigenvalue weighted by atomic mass is 16.5. The largest absolute Gasteiger partial charge is 0.493 e. The van der Waals surface area contributed by atoms with Gasteiger partial charge in [-0.05, 0) is 17.2 Å². The second kappa shape index (κ2) is 5.90. The molecule has 0 bridgehead atoms. The van der Waals surface area contributed by atoms with Gasteiger partial charge in [-0.15, -0.1) is 0 Å². The van der Waals surface area contributed by atoms with Crippen molar-refractivity contribution >= 4 is 0 Å². The van der Waals surface area contributed by atoms with Crippen molar-refractivity contribution in [1.82, 2.24) is 4.90 Å². The Morgan fingerprint density at radius 3 is 2.76 bits per heavy atom. The fourth-order valence-electron chi connectivity index (χ4n) is 3.13. The molecule has 1 fully saturated rings. The molecule has 6 heteroatoms. The van der Waals surface area contributed by atoms with Crippen LogP contribution in [0.3, 0.4) is 0 Å². The fraction of sp³-hybridized carbons (Fsp3) is 0.600. The van der Waals surface area contributed by atoms with Gasteiger partial charge in [-0.1, -0.05) is 12.1 Å². The molecule has 2 aliphatic heterocycles. The van der Waals surface area contributed by atoms with E-state index in [1.54, 1.807) is 4.90 Å². The van der Waals surface area contributed by atoms with Crippen LogP contribution in [0.5, 0.6) is 5.75 Å². The molecule has 3 rings (SSSR count). The highest BCUT2D eigenvalue weighted by Crippen LogP contribution is 2.27. The number of nitrogens with zero attached hydrogens (tertiary/aromatic N) is 1. The van der Waals surface area contributed by atoms with Crippen LogP contribution in [0.15, 0.2) is 18.2 Å². The predicted octanol–water partition coefficient (Wildman–Crippen LogP) is -1.12. The van der Waals surface area contributed by atoms with Gasteiger partial charge in [0.2, 0.25) is 0 Å². The van der Waals surface area contributed by atoms with Crippen molar-refractivity contribution in [2.24, 2.45) is 0 Å². The maximum absolute atomic E-state index is 9.98.